The van der Waals surface area contributed by atoms with Crippen LogP contribution in [0, 0.1) is 5.92 Å². The molecular weight excluding hydrogens is 302 g/mol. The van der Waals surface area contributed by atoms with Crippen LogP contribution in [0.25, 0.3) is 10.2 Å². The molecule has 112 valence electrons. The lowest BCUT2D eigenvalue weighted by Gasteiger charge is -2.12. The van der Waals surface area contributed by atoms with E-state index in [2.05, 4.69) is 35.2 Å². The van der Waals surface area contributed by atoms with E-state index >= 15 is 0 Å². The topological polar surface area (TPSA) is 54.9 Å². The number of amides is 1. The molecule has 1 atom stereocenters. The molecule has 0 aromatic carbocycles. The fraction of sp³-hybridized carbons (Fsp3) is 0.533. The van der Waals surface area contributed by atoms with Gasteiger partial charge in [-0.1, -0.05) is 18.7 Å². The van der Waals surface area contributed by atoms with Crippen molar-refractivity contribution < 1.29 is 4.79 Å². The SMILES string of the molecule is CCc1cc2c(SCC(=O)N[C@H](C)C3CC3)ncnc2s1. The van der Waals surface area contributed by atoms with Crippen molar-refractivity contribution in [1.82, 2.24) is 15.3 Å². The molecule has 6 heteroatoms. The minimum atomic E-state index is 0.0945. The highest BCUT2D eigenvalue weighted by Gasteiger charge is 2.28. The molecule has 2 aromatic heterocycles. The molecule has 0 unspecified atom stereocenters. The molecule has 0 radical (unpaired) electrons. The zero-order chi connectivity index (χ0) is 14.8. The molecule has 21 heavy (non-hydrogen) atoms. The third kappa shape index (κ3) is 3.55. The molecule has 2 heterocycles. The first kappa shape index (κ1) is 14.8. The molecular formula is C15H19N3OS2. The van der Waals surface area contributed by atoms with Crippen LogP contribution < -0.4 is 5.32 Å². The number of fused-ring (bicyclic) bond motifs is 1. The number of aromatic nitrogens is 2. The van der Waals surface area contributed by atoms with Gasteiger partial charge in [0.1, 0.15) is 16.2 Å². The van der Waals surface area contributed by atoms with Crippen LogP contribution in [0.4, 0.5) is 0 Å². The van der Waals surface area contributed by atoms with Crippen molar-refractivity contribution in [3.63, 3.8) is 0 Å². The average molecular weight is 321 g/mol. The average Bonchev–Trinajstić information content (AvgIpc) is 3.24. The van der Waals surface area contributed by atoms with Crippen molar-refractivity contribution >= 4 is 39.2 Å². The highest BCUT2D eigenvalue weighted by atomic mass is 32.2. The molecule has 1 fully saturated rings. The Morgan fingerprint density at radius 1 is 1.52 bits per heavy atom. The molecule has 0 aliphatic heterocycles. The van der Waals surface area contributed by atoms with E-state index < -0.39 is 0 Å². The summed E-state index contributed by atoms with van der Waals surface area (Å²) in [5.74, 6) is 1.20. The van der Waals surface area contributed by atoms with E-state index in [-0.39, 0.29) is 5.91 Å². The van der Waals surface area contributed by atoms with Gasteiger partial charge in [-0.15, -0.1) is 11.3 Å². The summed E-state index contributed by atoms with van der Waals surface area (Å²) in [4.78, 5) is 22.9. The second-order valence-corrected chi connectivity index (χ2v) is 7.53. The van der Waals surface area contributed by atoms with Gasteiger partial charge in [-0.05, 0) is 38.2 Å². The summed E-state index contributed by atoms with van der Waals surface area (Å²) in [5.41, 5.74) is 0. The van der Waals surface area contributed by atoms with Crippen LogP contribution >= 0.6 is 23.1 Å². The first-order valence-corrected chi connectivity index (χ1v) is 9.13. The summed E-state index contributed by atoms with van der Waals surface area (Å²) in [5, 5.41) is 5.06. The maximum absolute atomic E-state index is 12.0. The third-order valence-electron chi connectivity index (χ3n) is 3.75. The molecule has 4 nitrogen and oxygen atoms in total. The van der Waals surface area contributed by atoms with Crippen LogP contribution in [-0.2, 0) is 11.2 Å². The quantitative estimate of drug-likeness (QED) is 0.655. The third-order valence-corrected chi connectivity index (χ3v) is 5.94. The number of carbonyl (C=O) groups excluding carboxylic acids is 1. The Morgan fingerprint density at radius 3 is 3.05 bits per heavy atom. The van der Waals surface area contributed by atoms with E-state index in [0.717, 1.165) is 21.7 Å². The fourth-order valence-electron chi connectivity index (χ4n) is 2.32. The van der Waals surface area contributed by atoms with Gasteiger partial charge < -0.3 is 5.32 Å². The van der Waals surface area contributed by atoms with Crippen molar-refractivity contribution in [2.45, 2.75) is 44.2 Å². The maximum Gasteiger partial charge on any atom is 0.230 e. The summed E-state index contributed by atoms with van der Waals surface area (Å²) in [6.45, 7) is 4.23. The van der Waals surface area contributed by atoms with E-state index in [1.54, 1.807) is 17.7 Å². The van der Waals surface area contributed by atoms with Crippen LogP contribution in [0.15, 0.2) is 17.4 Å². The van der Waals surface area contributed by atoms with Gasteiger partial charge in [-0.3, -0.25) is 4.79 Å². The molecule has 0 saturated heterocycles. The number of rotatable bonds is 6. The summed E-state index contributed by atoms with van der Waals surface area (Å²) < 4.78 is 0. The number of thioether (sulfide) groups is 1. The molecule has 1 N–H and O–H groups in total. The van der Waals surface area contributed by atoms with Gasteiger partial charge in [-0.2, -0.15) is 0 Å². The first-order valence-electron chi connectivity index (χ1n) is 7.33. The number of carbonyl (C=O) groups is 1. The normalized spacial score (nSPS) is 16.1. The predicted octanol–water partition coefficient (Wildman–Crippen LogP) is 3.26. The van der Waals surface area contributed by atoms with Crippen LogP contribution in [0.5, 0.6) is 0 Å². The van der Waals surface area contributed by atoms with Gasteiger partial charge in [0, 0.05) is 16.3 Å². The number of thiophene rings is 1. The molecule has 1 saturated carbocycles. The van der Waals surface area contributed by atoms with Gasteiger partial charge >= 0.3 is 0 Å². The maximum atomic E-state index is 12.0. The van der Waals surface area contributed by atoms with Crippen molar-refractivity contribution in [3.8, 4) is 0 Å². The zero-order valence-corrected chi connectivity index (χ0v) is 13.9. The standard InChI is InChI=1S/C15H19N3OS2/c1-3-11-6-12-14(16-8-17-15(12)21-11)20-7-13(19)18-9(2)10-4-5-10/h6,8-10H,3-5,7H2,1-2H3,(H,18,19)/t9-/m1/s1. The molecule has 0 spiro atoms. The lowest BCUT2D eigenvalue weighted by molar-refractivity contribution is -0.119. The van der Waals surface area contributed by atoms with Crippen LogP contribution in [0.1, 0.15) is 31.6 Å². The van der Waals surface area contributed by atoms with Crippen LogP contribution in [0.2, 0.25) is 0 Å². The van der Waals surface area contributed by atoms with Gasteiger partial charge in [0.15, 0.2) is 0 Å². The van der Waals surface area contributed by atoms with Crippen LogP contribution in [-0.4, -0.2) is 27.7 Å². The lowest BCUT2D eigenvalue weighted by atomic mass is 10.2. The smallest absolute Gasteiger partial charge is 0.230 e. The molecule has 3 rings (SSSR count). The number of aryl methyl sites for hydroxylation is 1. The molecule has 0 bridgehead atoms. The Kier molecular flexibility index (Phi) is 4.45. The second-order valence-electron chi connectivity index (χ2n) is 5.45. The summed E-state index contributed by atoms with van der Waals surface area (Å²) >= 11 is 3.20. The van der Waals surface area contributed by atoms with Gasteiger partial charge in [0.2, 0.25) is 5.91 Å². The van der Waals surface area contributed by atoms with E-state index in [4.69, 9.17) is 0 Å². The van der Waals surface area contributed by atoms with Crippen molar-refractivity contribution in [1.29, 1.82) is 0 Å². The minimum Gasteiger partial charge on any atom is -0.353 e. The Morgan fingerprint density at radius 2 is 2.33 bits per heavy atom. The Bertz CT molecular complexity index is 651. The Hall–Kier alpha value is -1.14. The van der Waals surface area contributed by atoms with Gasteiger partial charge in [-0.25, -0.2) is 9.97 Å². The van der Waals surface area contributed by atoms with E-state index in [0.29, 0.717) is 17.7 Å². The van der Waals surface area contributed by atoms with Crippen molar-refractivity contribution in [2.75, 3.05) is 5.75 Å². The second kappa shape index (κ2) is 6.32. The molecule has 1 aliphatic carbocycles. The summed E-state index contributed by atoms with van der Waals surface area (Å²) in [6, 6.07) is 2.45. The molecule has 2 aromatic rings. The summed E-state index contributed by atoms with van der Waals surface area (Å²) in [6.07, 6.45) is 5.08. The number of hydrogen-bond donors (Lipinski definition) is 1. The Labute approximate surface area is 132 Å². The van der Waals surface area contributed by atoms with E-state index in [1.165, 1.54) is 29.5 Å². The number of nitrogens with zero attached hydrogens (tertiary/aromatic N) is 2. The van der Waals surface area contributed by atoms with E-state index in [9.17, 15) is 4.79 Å². The zero-order valence-electron chi connectivity index (χ0n) is 12.3. The lowest BCUT2D eigenvalue weighted by Crippen LogP contribution is -2.35. The number of hydrogen-bond acceptors (Lipinski definition) is 5. The monoisotopic (exact) mass is 321 g/mol. The predicted molar refractivity (Wildman–Crippen MR) is 87.8 cm³/mol. The first-order chi connectivity index (χ1) is 10.2. The van der Waals surface area contributed by atoms with Crippen molar-refractivity contribution in [3.05, 3.63) is 17.3 Å². The largest absolute Gasteiger partial charge is 0.353 e. The highest BCUT2D eigenvalue weighted by molar-refractivity contribution is 8.00. The van der Waals surface area contributed by atoms with Crippen LogP contribution in [0.3, 0.4) is 0 Å². The van der Waals surface area contributed by atoms with E-state index in [1.807, 2.05) is 0 Å². The molecule has 1 amide bonds. The highest BCUT2D eigenvalue weighted by Crippen LogP contribution is 2.33. The summed E-state index contributed by atoms with van der Waals surface area (Å²) in [7, 11) is 0. The molecule has 1 aliphatic rings. The number of nitrogens with one attached hydrogen (secondary N) is 1. The van der Waals surface area contributed by atoms with Gasteiger partial charge in [0.25, 0.3) is 0 Å². The fourth-order valence-corrected chi connectivity index (χ4v) is 4.10. The minimum absolute atomic E-state index is 0.0945. The Balaban J connectivity index is 1.64. The van der Waals surface area contributed by atoms with Crippen molar-refractivity contribution in [2.24, 2.45) is 5.92 Å². The van der Waals surface area contributed by atoms with Gasteiger partial charge in [0.05, 0.1) is 5.75 Å².